The summed E-state index contributed by atoms with van der Waals surface area (Å²) in [5, 5.41) is 18.2. The normalized spacial score (nSPS) is 14.6. The van der Waals surface area contributed by atoms with E-state index >= 15 is 0 Å². The number of carbonyl (C=O) groups is 3. The van der Waals surface area contributed by atoms with Crippen molar-refractivity contribution in [2.45, 2.75) is 37.8 Å². The van der Waals surface area contributed by atoms with Gasteiger partial charge in [-0.3, -0.25) is 9.59 Å². The minimum absolute atomic E-state index is 0.00816. The van der Waals surface area contributed by atoms with Gasteiger partial charge in [0.25, 0.3) is 5.91 Å². The Morgan fingerprint density at radius 1 is 0.884 bits per heavy atom. The van der Waals surface area contributed by atoms with Crippen LogP contribution in [0.5, 0.6) is 0 Å². The fraction of sp³-hybridized carbons (Fsp3) is 0.206. The van der Waals surface area contributed by atoms with Crippen LogP contribution in [0.15, 0.2) is 126 Å². The van der Waals surface area contributed by atoms with Crippen molar-refractivity contribution in [1.82, 2.24) is 20.9 Å². The number of hydrogen-bond donors (Lipinski definition) is 4. The smallest absolute Gasteiger partial charge is 0.326 e. The summed E-state index contributed by atoms with van der Waals surface area (Å²) in [6.07, 6.45) is 15.3. The number of hydrogen-bond acceptors (Lipinski definition) is 6. The predicted octanol–water partition coefficient (Wildman–Crippen LogP) is 4.05. The minimum atomic E-state index is -1.18. The molecular formula is C34H34N4O5. The summed E-state index contributed by atoms with van der Waals surface area (Å²) >= 11 is 0. The van der Waals surface area contributed by atoms with Crippen LogP contribution >= 0.6 is 0 Å². The molecule has 2 aliphatic rings. The van der Waals surface area contributed by atoms with E-state index in [1.807, 2.05) is 90.9 Å². The van der Waals surface area contributed by atoms with Crippen LogP contribution in [0.2, 0.25) is 0 Å². The molecule has 2 heterocycles. The van der Waals surface area contributed by atoms with E-state index in [1.54, 1.807) is 23.4 Å². The lowest BCUT2D eigenvalue weighted by Gasteiger charge is -2.34. The third-order valence-corrected chi connectivity index (χ3v) is 6.95. The molecule has 9 nitrogen and oxygen atoms in total. The lowest BCUT2D eigenvalue weighted by atomic mass is 9.94. The molecule has 0 aliphatic carbocycles. The van der Waals surface area contributed by atoms with E-state index in [-0.39, 0.29) is 30.0 Å². The SMILES string of the molecule is O=C=C1C(C(=O)NC(CCCCNC(=O)CC2=CC=CC=CN2)C(=O)O)=CC=CN1C(c1ccccc1)c1ccccc1. The lowest BCUT2D eigenvalue weighted by molar-refractivity contribution is -0.141. The van der Waals surface area contributed by atoms with Crippen LogP contribution in [-0.4, -0.2) is 46.3 Å². The predicted molar refractivity (Wildman–Crippen MR) is 164 cm³/mol. The van der Waals surface area contributed by atoms with E-state index in [2.05, 4.69) is 16.0 Å². The third-order valence-electron chi connectivity index (χ3n) is 6.95. The molecule has 2 aromatic carbocycles. The Morgan fingerprint density at radius 2 is 1.58 bits per heavy atom. The summed E-state index contributed by atoms with van der Waals surface area (Å²) in [7, 11) is 0. The molecule has 0 radical (unpaired) electrons. The first-order valence-electron chi connectivity index (χ1n) is 14.1. The largest absolute Gasteiger partial charge is 0.480 e. The number of allylic oxidation sites excluding steroid dienone is 6. The van der Waals surface area contributed by atoms with Gasteiger partial charge in [-0.25, -0.2) is 9.59 Å². The topological polar surface area (TPSA) is 128 Å². The van der Waals surface area contributed by atoms with E-state index in [0.717, 1.165) is 16.8 Å². The summed E-state index contributed by atoms with van der Waals surface area (Å²) in [5.41, 5.74) is 2.61. The number of aliphatic carboxylic acids is 1. The third kappa shape index (κ3) is 8.55. The van der Waals surface area contributed by atoms with Gasteiger partial charge in [0, 0.05) is 24.6 Å². The first-order chi connectivity index (χ1) is 21.0. The van der Waals surface area contributed by atoms with Crippen molar-refractivity contribution in [1.29, 1.82) is 0 Å². The lowest BCUT2D eigenvalue weighted by Crippen LogP contribution is -2.43. The van der Waals surface area contributed by atoms with Crippen LogP contribution in [0, 0.1) is 0 Å². The molecule has 0 spiro atoms. The summed E-state index contributed by atoms with van der Waals surface area (Å²) < 4.78 is 0. The fourth-order valence-electron chi connectivity index (χ4n) is 4.85. The van der Waals surface area contributed by atoms with Gasteiger partial charge in [-0.1, -0.05) is 72.8 Å². The average molecular weight is 579 g/mol. The van der Waals surface area contributed by atoms with Gasteiger partial charge in [-0.05, 0) is 54.7 Å². The maximum atomic E-state index is 13.3. The number of carboxylic acid groups (broad SMARTS) is 1. The number of carboxylic acids is 1. The molecule has 1 atom stereocenters. The van der Waals surface area contributed by atoms with Crippen molar-refractivity contribution >= 4 is 23.7 Å². The minimum Gasteiger partial charge on any atom is -0.480 e. The molecule has 2 amide bonds. The standard InChI is InChI=1S/C34H34N4O5/c39-24-30-28(18-12-22-38(30)32(25-13-4-1-5-14-25)26-15-6-2-7-16-26)33(41)37-29(34(42)43)19-9-11-21-36-31(40)23-27-17-8-3-10-20-35-27/h1-8,10,12-18,20,22,29,32,35H,9,11,19,21,23H2,(H,36,40)(H,37,41)(H,42,43). The Hall–Kier alpha value is -5.40. The molecule has 0 fully saturated rings. The molecule has 4 rings (SSSR count). The molecule has 2 aromatic rings. The van der Waals surface area contributed by atoms with Gasteiger partial charge >= 0.3 is 5.97 Å². The monoisotopic (exact) mass is 578 g/mol. The molecule has 0 saturated carbocycles. The summed E-state index contributed by atoms with van der Waals surface area (Å²) in [4.78, 5) is 51.5. The molecule has 43 heavy (non-hydrogen) atoms. The second kappa shape index (κ2) is 15.6. The van der Waals surface area contributed by atoms with E-state index < -0.39 is 24.0 Å². The highest BCUT2D eigenvalue weighted by atomic mass is 16.4. The molecule has 0 aromatic heterocycles. The highest BCUT2D eigenvalue weighted by Gasteiger charge is 2.31. The second-order valence-electron chi connectivity index (χ2n) is 9.97. The molecule has 9 heteroatoms. The number of amides is 2. The van der Waals surface area contributed by atoms with Crippen molar-refractivity contribution in [2.75, 3.05) is 6.54 Å². The summed E-state index contributed by atoms with van der Waals surface area (Å²) in [6, 6.07) is 17.6. The second-order valence-corrected chi connectivity index (χ2v) is 9.97. The van der Waals surface area contributed by atoms with Crippen molar-refractivity contribution in [2.24, 2.45) is 0 Å². The maximum absolute atomic E-state index is 13.3. The van der Waals surface area contributed by atoms with Crippen molar-refractivity contribution in [3.63, 3.8) is 0 Å². The Morgan fingerprint density at radius 3 is 2.23 bits per heavy atom. The zero-order valence-electron chi connectivity index (χ0n) is 23.6. The van der Waals surface area contributed by atoms with Crippen LogP contribution in [0.1, 0.15) is 42.9 Å². The van der Waals surface area contributed by atoms with Gasteiger partial charge in [0.05, 0.1) is 18.0 Å². The van der Waals surface area contributed by atoms with Gasteiger partial charge in [-0.15, -0.1) is 0 Å². The fourth-order valence-corrected chi connectivity index (χ4v) is 4.85. The van der Waals surface area contributed by atoms with Gasteiger partial charge in [-0.2, -0.15) is 0 Å². The quantitative estimate of drug-likeness (QED) is 0.209. The van der Waals surface area contributed by atoms with Gasteiger partial charge < -0.3 is 26.0 Å². The Balaban J connectivity index is 1.36. The first-order valence-corrected chi connectivity index (χ1v) is 14.1. The summed E-state index contributed by atoms with van der Waals surface area (Å²) in [6.45, 7) is 0.376. The van der Waals surface area contributed by atoms with Gasteiger partial charge in [0.1, 0.15) is 11.7 Å². The van der Waals surface area contributed by atoms with Crippen LogP contribution in [0.3, 0.4) is 0 Å². The van der Waals surface area contributed by atoms with Crippen LogP contribution in [0.4, 0.5) is 0 Å². The first kappa shape index (κ1) is 30.6. The average Bonchev–Trinajstić information content (AvgIpc) is 3.29. The van der Waals surface area contributed by atoms with E-state index in [1.165, 1.54) is 6.08 Å². The van der Waals surface area contributed by atoms with Crippen LogP contribution < -0.4 is 16.0 Å². The van der Waals surface area contributed by atoms with Gasteiger partial charge in [0.2, 0.25) is 5.91 Å². The molecule has 0 saturated heterocycles. The van der Waals surface area contributed by atoms with Crippen molar-refractivity contribution < 1.29 is 24.3 Å². The highest BCUT2D eigenvalue weighted by Crippen LogP contribution is 2.35. The van der Waals surface area contributed by atoms with Crippen molar-refractivity contribution in [3.05, 3.63) is 138 Å². The Kier molecular flexibility index (Phi) is 11.1. The Bertz CT molecular complexity index is 1460. The molecule has 1 unspecified atom stereocenters. The zero-order chi connectivity index (χ0) is 30.4. The number of nitrogens with one attached hydrogen (secondary N) is 3. The van der Waals surface area contributed by atoms with E-state index in [4.69, 9.17) is 0 Å². The van der Waals surface area contributed by atoms with Crippen molar-refractivity contribution in [3.8, 4) is 0 Å². The number of unbranched alkanes of at least 4 members (excludes halogenated alkanes) is 1. The number of nitrogens with zero attached hydrogens (tertiary/aromatic N) is 1. The number of rotatable bonds is 13. The molecule has 0 bridgehead atoms. The molecular weight excluding hydrogens is 544 g/mol. The zero-order valence-corrected chi connectivity index (χ0v) is 23.6. The Labute approximate surface area is 250 Å². The maximum Gasteiger partial charge on any atom is 0.326 e. The van der Waals surface area contributed by atoms with Gasteiger partial charge in [0.15, 0.2) is 5.94 Å². The molecule has 220 valence electrons. The molecule has 4 N–H and O–H groups in total. The van der Waals surface area contributed by atoms with E-state index in [9.17, 15) is 24.3 Å². The molecule has 2 aliphatic heterocycles. The number of carbonyl (C=O) groups excluding carboxylic acids is 3. The van der Waals surface area contributed by atoms with Crippen LogP contribution in [-0.2, 0) is 19.2 Å². The number of benzene rings is 2. The summed E-state index contributed by atoms with van der Waals surface area (Å²) in [5.74, 6) is -0.0925. The van der Waals surface area contributed by atoms with E-state index in [0.29, 0.717) is 19.4 Å². The highest BCUT2D eigenvalue weighted by molar-refractivity contribution is 6.02. The van der Waals surface area contributed by atoms with Crippen LogP contribution in [0.25, 0.3) is 0 Å².